The summed E-state index contributed by atoms with van der Waals surface area (Å²) in [5.74, 6) is -1.76. The quantitative estimate of drug-likeness (QED) is 0.732. The maximum absolute atomic E-state index is 13.2. The molecule has 0 unspecified atom stereocenters. The van der Waals surface area contributed by atoms with Crippen LogP contribution in [0, 0.1) is 5.82 Å². The van der Waals surface area contributed by atoms with Crippen LogP contribution in [0.15, 0.2) is 52.8 Å². The van der Waals surface area contributed by atoms with E-state index >= 15 is 0 Å². The van der Waals surface area contributed by atoms with Crippen LogP contribution in [-0.2, 0) is 14.4 Å². The van der Waals surface area contributed by atoms with E-state index in [9.17, 15) is 18.8 Å². The first-order valence-corrected chi connectivity index (χ1v) is 9.21. The molecule has 2 aliphatic rings. The number of benzene rings is 2. The molecule has 154 valence electrons. The SMILES string of the molecule is COc1ccc(Cl)cc1NC(=O)CN1N=N[C@H]2C(=O)N(c3ccc(F)cc3)C(=O)[C@H]21. The van der Waals surface area contributed by atoms with Crippen molar-refractivity contribution in [2.24, 2.45) is 10.3 Å². The topological polar surface area (TPSA) is 104 Å². The van der Waals surface area contributed by atoms with Gasteiger partial charge in [0, 0.05) is 5.02 Å². The van der Waals surface area contributed by atoms with Crippen molar-refractivity contribution in [1.29, 1.82) is 0 Å². The van der Waals surface area contributed by atoms with Gasteiger partial charge in [-0.15, -0.1) is 0 Å². The summed E-state index contributed by atoms with van der Waals surface area (Å²) in [6.45, 7) is -0.323. The number of nitrogens with one attached hydrogen (secondary N) is 1. The summed E-state index contributed by atoms with van der Waals surface area (Å²) < 4.78 is 18.4. The molecule has 9 nitrogen and oxygen atoms in total. The smallest absolute Gasteiger partial charge is 0.263 e. The Balaban J connectivity index is 1.49. The summed E-state index contributed by atoms with van der Waals surface area (Å²) in [6.07, 6.45) is 0. The van der Waals surface area contributed by atoms with Crippen molar-refractivity contribution < 1.29 is 23.5 Å². The molecule has 1 N–H and O–H groups in total. The van der Waals surface area contributed by atoms with Crippen LogP contribution in [0.4, 0.5) is 15.8 Å². The molecule has 1 saturated heterocycles. The molecule has 0 aromatic heterocycles. The molecule has 2 aliphatic heterocycles. The Kier molecular flexibility index (Phi) is 5.08. The van der Waals surface area contributed by atoms with Gasteiger partial charge in [0.1, 0.15) is 18.1 Å². The Morgan fingerprint density at radius 2 is 1.93 bits per heavy atom. The summed E-state index contributed by atoms with van der Waals surface area (Å²) in [5.41, 5.74) is 0.577. The molecule has 3 amide bonds. The maximum atomic E-state index is 13.2. The number of hydrogen-bond acceptors (Lipinski definition) is 7. The number of carbonyl (C=O) groups is 3. The van der Waals surface area contributed by atoms with Crippen LogP contribution in [0.5, 0.6) is 5.75 Å². The fourth-order valence-electron chi connectivity index (χ4n) is 3.31. The Morgan fingerprint density at radius 3 is 2.63 bits per heavy atom. The maximum Gasteiger partial charge on any atom is 0.263 e. The van der Waals surface area contributed by atoms with Gasteiger partial charge < -0.3 is 10.1 Å². The van der Waals surface area contributed by atoms with Crippen molar-refractivity contribution in [3.8, 4) is 5.75 Å². The van der Waals surface area contributed by atoms with Crippen molar-refractivity contribution >= 4 is 40.7 Å². The molecule has 1 fully saturated rings. The molecule has 2 heterocycles. The first-order chi connectivity index (χ1) is 14.4. The largest absolute Gasteiger partial charge is 0.495 e. The van der Waals surface area contributed by atoms with E-state index in [1.54, 1.807) is 12.1 Å². The zero-order chi connectivity index (χ0) is 21.4. The van der Waals surface area contributed by atoms with E-state index in [0.717, 1.165) is 22.0 Å². The number of imide groups is 1. The summed E-state index contributed by atoms with van der Waals surface area (Å²) in [7, 11) is 1.45. The fourth-order valence-corrected chi connectivity index (χ4v) is 3.49. The number of hydrogen-bond donors (Lipinski definition) is 1. The minimum atomic E-state index is -1.06. The first-order valence-electron chi connectivity index (χ1n) is 8.83. The lowest BCUT2D eigenvalue weighted by molar-refractivity contribution is -0.123. The highest BCUT2D eigenvalue weighted by molar-refractivity contribution is 6.31. The van der Waals surface area contributed by atoms with Gasteiger partial charge in [0.25, 0.3) is 11.8 Å². The molecule has 2 atom stereocenters. The van der Waals surface area contributed by atoms with Crippen molar-refractivity contribution in [3.05, 3.63) is 53.3 Å². The van der Waals surface area contributed by atoms with Crippen LogP contribution in [0.2, 0.25) is 5.02 Å². The average Bonchev–Trinajstić information content (AvgIpc) is 3.23. The lowest BCUT2D eigenvalue weighted by Gasteiger charge is -2.20. The predicted octanol–water partition coefficient (Wildman–Crippen LogP) is 2.42. The van der Waals surface area contributed by atoms with Crippen LogP contribution >= 0.6 is 11.6 Å². The number of carbonyl (C=O) groups excluding carboxylic acids is 3. The second kappa shape index (κ2) is 7.71. The molecular formula is C19H15ClFN5O4. The summed E-state index contributed by atoms with van der Waals surface area (Å²) in [5, 5.41) is 11.9. The summed E-state index contributed by atoms with van der Waals surface area (Å²) in [4.78, 5) is 38.9. The van der Waals surface area contributed by atoms with Crippen molar-refractivity contribution in [1.82, 2.24) is 5.01 Å². The fraction of sp³-hybridized carbons (Fsp3) is 0.211. The standard InChI is InChI=1S/C19H15ClFN5O4/c1-30-14-7-2-10(20)8-13(14)22-15(27)9-25-17-16(23-24-25)18(28)26(19(17)29)12-5-3-11(21)4-6-12/h2-8,16-17H,9H2,1H3,(H,22,27)/t16-,17+/m1/s1. The van der Waals surface area contributed by atoms with E-state index in [1.165, 1.54) is 25.3 Å². The third-order valence-corrected chi connectivity index (χ3v) is 4.92. The van der Waals surface area contributed by atoms with Crippen LogP contribution in [0.25, 0.3) is 0 Å². The Labute approximate surface area is 175 Å². The molecule has 2 aromatic carbocycles. The number of methoxy groups -OCH3 is 1. The van der Waals surface area contributed by atoms with Gasteiger partial charge in [-0.25, -0.2) is 9.29 Å². The van der Waals surface area contributed by atoms with E-state index in [4.69, 9.17) is 16.3 Å². The van der Waals surface area contributed by atoms with E-state index in [2.05, 4.69) is 15.7 Å². The van der Waals surface area contributed by atoms with Crippen LogP contribution < -0.4 is 15.0 Å². The van der Waals surface area contributed by atoms with Gasteiger partial charge in [-0.2, -0.15) is 5.11 Å². The third-order valence-electron chi connectivity index (χ3n) is 4.68. The zero-order valence-electron chi connectivity index (χ0n) is 15.6. The molecule has 2 aromatic rings. The molecule has 4 rings (SSSR count). The molecule has 0 spiro atoms. The van der Waals surface area contributed by atoms with Gasteiger partial charge in [-0.1, -0.05) is 16.8 Å². The molecular weight excluding hydrogens is 417 g/mol. The van der Waals surface area contributed by atoms with Crippen molar-refractivity contribution in [3.63, 3.8) is 0 Å². The highest BCUT2D eigenvalue weighted by Gasteiger charge is 2.55. The number of rotatable bonds is 5. The Bertz CT molecular complexity index is 1060. The highest BCUT2D eigenvalue weighted by atomic mass is 35.5. The van der Waals surface area contributed by atoms with Crippen LogP contribution in [0.3, 0.4) is 0 Å². The van der Waals surface area contributed by atoms with Crippen molar-refractivity contribution in [2.75, 3.05) is 23.9 Å². The van der Waals surface area contributed by atoms with Gasteiger partial charge in [-0.05, 0) is 42.5 Å². The minimum absolute atomic E-state index is 0.226. The van der Waals surface area contributed by atoms with Crippen LogP contribution in [0.1, 0.15) is 0 Å². The van der Waals surface area contributed by atoms with Gasteiger partial charge in [-0.3, -0.25) is 19.4 Å². The number of ether oxygens (including phenoxy) is 1. The predicted molar refractivity (Wildman–Crippen MR) is 105 cm³/mol. The molecule has 0 radical (unpaired) electrons. The normalized spacial score (nSPS) is 20.0. The molecule has 0 bridgehead atoms. The number of nitrogens with zero attached hydrogens (tertiary/aromatic N) is 4. The molecule has 30 heavy (non-hydrogen) atoms. The van der Waals surface area contributed by atoms with Crippen molar-refractivity contribution in [2.45, 2.75) is 12.1 Å². The second-order valence-corrected chi connectivity index (χ2v) is 7.01. The van der Waals surface area contributed by atoms with E-state index in [0.29, 0.717) is 16.5 Å². The monoisotopic (exact) mass is 431 g/mol. The third kappa shape index (κ3) is 3.45. The van der Waals surface area contributed by atoms with E-state index in [1.807, 2.05) is 0 Å². The summed E-state index contributed by atoms with van der Waals surface area (Å²) in [6, 6.07) is 7.57. The van der Waals surface area contributed by atoms with Crippen LogP contribution in [-0.4, -0.2) is 48.5 Å². The zero-order valence-corrected chi connectivity index (χ0v) is 16.3. The average molecular weight is 432 g/mol. The molecule has 0 saturated carbocycles. The van der Waals surface area contributed by atoms with Gasteiger partial charge in [0.2, 0.25) is 5.91 Å². The van der Waals surface area contributed by atoms with Gasteiger partial charge in [0.15, 0.2) is 12.1 Å². The Morgan fingerprint density at radius 1 is 1.20 bits per heavy atom. The molecule has 11 heteroatoms. The van der Waals surface area contributed by atoms with E-state index < -0.39 is 35.6 Å². The second-order valence-electron chi connectivity index (χ2n) is 6.57. The number of halogens is 2. The Hall–Kier alpha value is -3.53. The molecule has 0 aliphatic carbocycles. The van der Waals surface area contributed by atoms with E-state index in [-0.39, 0.29) is 12.2 Å². The number of amides is 3. The lowest BCUT2D eigenvalue weighted by atomic mass is 10.1. The minimum Gasteiger partial charge on any atom is -0.495 e. The highest BCUT2D eigenvalue weighted by Crippen LogP contribution is 2.32. The van der Waals surface area contributed by atoms with Gasteiger partial charge in [0.05, 0.1) is 18.5 Å². The number of anilines is 2. The van der Waals surface area contributed by atoms with Gasteiger partial charge >= 0.3 is 0 Å². The number of fused-ring (bicyclic) bond motifs is 1. The summed E-state index contributed by atoms with van der Waals surface area (Å²) >= 11 is 5.96. The first kappa shape index (κ1) is 19.8. The lowest BCUT2D eigenvalue weighted by Crippen LogP contribution is -2.43.